The molecule has 1 aliphatic carbocycles. The molecule has 2 unspecified atom stereocenters. The van der Waals surface area contributed by atoms with Crippen LogP contribution in [0.5, 0.6) is 0 Å². The number of nitrogens with zero attached hydrogens (tertiary/aromatic N) is 3. The molecule has 2 N–H and O–H groups in total. The van der Waals surface area contributed by atoms with E-state index in [9.17, 15) is 0 Å². The van der Waals surface area contributed by atoms with E-state index in [0.717, 1.165) is 18.3 Å². The van der Waals surface area contributed by atoms with Gasteiger partial charge in [0.1, 0.15) is 5.82 Å². The van der Waals surface area contributed by atoms with E-state index in [2.05, 4.69) is 10.1 Å². The summed E-state index contributed by atoms with van der Waals surface area (Å²) in [6.45, 7) is 1.01. The third-order valence-electron chi connectivity index (χ3n) is 3.92. The lowest BCUT2D eigenvalue weighted by molar-refractivity contribution is 0.283. The lowest BCUT2D eigenvalue weighted by Gasteiger charge is -2.29. The van der Waals surface area contributed by atoms with Gasteiger partial charge in [-0.1, -0.05) is 19.3 Å². The number of aryl methyl sites for hydroxylation is 1. The molecule has 3 rings (SSSR count). The topological polar surface area (TPSA) is 56.7 Å². The maximum Gasteiger partial charge on any atom is 0.239 e. The first-order valence-electron chi connectivity index (χ1n) is 6.05. The highest BCUT2D eigenvalue weighted by Gasteiger charge is 2.32. The van der Waals surface area contributed by atoms with E-state index in [1.165, 1.54) is 38.5 Å². The fourth-order valence-electron chi connectivity index (χ4n) is 3.17. The Morgan fingerprint density at radius 2 is 2.00 bits per heavy atom. The summed E-state index contributed by atoms with van der Waals surface area (Å²) in [6.07, 6.45) is 8.04. The Morgan fingerprint density at radius 1 is 1.13 bits per heavy atom. The second kappa shape index (κ2) is 3.51. The van der Waals surface area contributed by atoms with E-state index in [0.29, 0.717) is 11.9 Å². The second-order valence-electron chi connectivity index (χ2n) is 4.84. The van der Waals surface area contributed by atoms with Gasteiger partial charge in [0.15, 0.2) is 0 Å². The standard InChI is InChI=1S/C11H18N4/c12-11-13-10-9-5-3-1-2-4-8(9)6-7-15(10)14-11/h8-9H,1-7H2,(H2,12,14). The van der Waals surface area contributed by atoms with E-state index in [-0.39, 0.29) is 0 Å². The molecule has 0 amide bonds. The van der Waals surface area contributed by atoms with Gasteiger partial charge in [-0.2, -0.15) is 4.98 Å². The van der Waals surface area contributed by atoms with Crippen LogP contribution in [-0.4, -0.2) is 14.8 Å². The van der Waals surface area contributed by atoms with Crippen molar-refractivity contribution in [2.24, 2.45) is 5.92 Å². The van der Waals surface area contributed by atoms with Crippen molar-refractivity contribution >= 4 is 5.95 Å². The van der Waals surface area contributed by atoms with Crippen LogP contribution in [0.4, 0.5) is 5.95 Å². The van der Waals surface area contributed by atoms with E-state index in [1.807, 2.05) is 4.68 Å². The molecular weight excluding hydrogens is 188 g/mol. The van der Waals surface area contributed by atoms with Crippen LogP contribution < -0.4 is 5.73 Å². The van der Waals surface area contributed by atoms with Gasteiger partial charge in [0.2, 0.25) is 5.95 Å². The van der Waals surface area contributed by atoms with E-state index >= 15 is 0 Å². The molecule has 1 fully saturated rings. The molecule has 0 aromatic carbocycles. The molecule has 2 atom stereocenters. The van der Waals surface area contributed by atoms with Gasteiger partial charge in [-0.3, -0.25) is 0 Å². The number of anilines is 1. The van der Waals surface area contributed by atoms with Crippen molar-refractivity contribution in [1.82, 2.24) is 14.8 Å². The van der Waals surface area contributed by atoms with Gasteiger partial charge in [0.05, 0.1) is 0 Å². The third-order valence-corrected chi connectivity index (χ3v) is 3.92. The summed E-state index contributed by atoms with van der Waals surface area (Å²) in [7, 11) is 0. The Kier molecular flexibility index (Phi) is 2.15. The predicted octanol–water partition coefficient (Wildman–Crippen LogP) is 1.93. The van der Waals surface area contributed by atoms with Crippen molar-refractivity contribution in [3.63, 3.8) is 0 Å². The number of rotatable bonds is 0. The molecule has 1 saturated carbocycles. The molecule has 0 spiro atoms. The average molecular weight is 206 g/mol. The largest absolute Gasteiger partial charge is 0.366 e. The first-order valence-corrected chi connectivity index (χ1v) is 6.05. The summed E-state index contributed by atoms with van der Waals surface area (Å²) in [4.78, 5) is 4.41. The monoisotopic (exact) mass is 206 g/mol. The summed E-state index contributed by atoms with van der Waals surface area (Å²) in [5.41, 5.74) is 5.68. The van der Waals surface area contributed by atoms with Crippen molar-refractivity contribution in [2.75, 3.05) is 5.73 Å². The molecule has 4 heteroatoms. The molecular formula is C11H18N4. The maximum atomic E-state index is 5.68. The number of hydrogen-bond acceptors (Lipinski definition) is 3. The summed E-state index contributed by atoms with van der Waals surface area (Å²) < 4.78 is 2.03. The lowest BCUT2D eigenvalue weighted by atomic mass is 9.83. The van der Waals surface area contributed by atoms with Crippen LogP contribution in [0, 0.1) is 5.92 Å². The van der Waals surface area contributed by atoms with Gasteiger partial charge < -0.3 is 5.73 Å². The SMILES string of the molecule is Nc1nc2n(n1)CCC1CCCCCC21. The Balaban J connectivity index is 1.95. The van der Waals surface area contributed by atoms with Crippen LogP contribution in [0.15, 0.2) is 0 Å². The molecule has 2 heterocycles. The van der Waals surface area contributed by atoms with Crippen molar-refractivity contribution in [3.8, 4) is 0 Å². The first-order chi connectivity index (χ1) is 7.34. The van der Waals surface area contributed by atoms with Gasteiger partial charge in [-0.05, 0) is 25.2 Å². The minimum atomic E-state index is 0.454. The van der Waals surface area contributed by atoms with Gasteiger partial charge in [-0.25, -0.2) is 4.68 Å². The Hall–Kier alpha value is -1.06. The molecule has 0 bridgehead atoms. The van der Waals surface area contributed by atoms with Crippen molar-refractivity contribution in [2.45, 2.75) is 51.0 Å². The number of nitrogens with two attached hydrogens (primary N) is 1. The average Bonchev–Trinajstić information content (AvgIpc) is 2.48. The van der Waals surface area contributed by atoms with Crippen LogP contribution in [0.2, 0.25) is 0 Å². The predicted molar refractivity (Wildman–Crippen MR) is 58.4 cm³/mol. The fourth-order valence-corrected chi connectivity index (χ4v) is 3.17. The molecule has 2 aliphatic rings. The zero-order chi connectivity index (χ0) is 10.3. The number of fused-ring (bicyclic) bond motifs is 3. The number of hydrogen-bond donors (Lipinski definition) is 1. The molecule has 0 saturated heterocycles. The number of aromatic nitrogens is 3. The minimum Gasteiger partial charge on any atom is -0.366 e. The van der Waals surface area contributed by atoms with Crippen molar-refractivity contribution in [3.05, 3.63) is 5.82 Å². The lowest BCUT2D eigenvalue weighted by Crippen LogP contribution is -2.25. The maximum absolute atomic E-state index is 5.68. The van der Waals surface area contributed by atoms with Gasteiger partial charge in [-0.15, -0.1) is 5.10 Å². The van der Waals surface area contributed by atoms with Crippen LogP contribution in [0.3, 0.4) is 0 Å². The Bertz CT molecular complexity index is 357. The van der Waals surface area contributed by atoms with Crippen LogP contribution in [0.25, 0.3) is 0 Å². The van der Waals surface area contributed by atoms with Crippen LogP contribution in [0.1, 0.15) is 50.3 Å². The molecule has 1 aromatic rings. The molecule has 1 aliphatic heterocycles. The minimum absolute atomic E-state index is 0.454. The Morgan fingerprint density at radius 3 is 2.93 bits per heavy atom. The van der Waals surface area contributed by atoms with Crippen molar-refractivity contribution in [1.29, 1.82) is 0 Å². The summed E-state index contributed by atoms with van der Waals surface area (Å²) in [6, 6.07) is 0. The third kappa shape index (κ3) is 1.52. The highest BCUT2D eigenvalue weighted by molar-refractivity contribution is 5.18. The number of nitrogen functional groups attached to an aromatic ring is 1. The molecule has 4 nitrogen and oxygen atoms in total. The Labute approximate surface area is 89.9 Å². The quantitative estimate of drug-likeness (QED) is 0.705. The van der Waals surface area contributed by atoms with E-state index in [1.54, 1.807) is 0 Å². The zero-order valence-electron chi connectivity index (χ0n) is 9.02. The second-order valence-corrected chi connectivity index (χ2v) is 4.84. The summed E-state index contributed by atoms with van der Waals surface area (Å²) >= 11 is 0. The van der Waals surface area contributed by atoms with Gasteiger partial charge >= 0.3 is 0 Å². The van der Waals surface area contributed by atoms with E-state index < -0.39 is 0 Å². The molecule has 1 aromatic heterocycles. The molecule has 0 radical (unpaired) electrons. The van der Waals surface area contributed by atoms with Crippen LogP contribution in [-0.2, 0) is 6.54 Å². The smallest absolute Gasteiger partial charge is 0.239 e. The van der Waals surface area contributed by atoms with Crippen molar-refractivity contribution < 1.29 is 0 Å². The molecule has 15 heavy (non-hydrogen) atoms. The summed E-state index contributed by atoms with van der Waals surface area (Å²) in [5.74, 6) is 3.08. The van der Waals surface area contributed by atoms with Gasteiger partial charge in [0.25, 0.3) is 0 Å². The normalized spacial score (nSPS) is 30.4. The highest BCUT2D eigenvalue weighted by atomic mass is 15.4. The van der Waals surface area contributed by atoms with E-state index in [4.69, 9.17) is 5.73 Å². The van der Waals surface area contributed by atoms with Crippen LogP contribution >= 0.6 is 0 Å². The highest BCUT2D eigenvalue weighted by Crippen LogP contribution is 2.40. The fraction of sp³-hybridized carbons (Fsp3) is 0.818. The first kappa shape index (κ1) is 9.19. The molecule has 82 valence electrons. The summed E-state index contributed by atoms with van der Waals surface area (Å²) in [5, 5.41) is 4.26. The van der Waals surface area contributed by atoms with Gasteiger partial charge in [0, 0.05) is 12.5 Å². The zero-order valence-corrected chi connectivity index (χ0v) is 9.02.